The zero-order valence-electron chi connectivity index (χ0n) is 17.7. The summed E-state index contributed by atoms with van der Waals surface area (Å²) in [5, 5.41) is 14.2. The van der Waals surface area contributed by atoms with E-state index in [2.05, 4.69) is 11.4 Å². The highest BCUT2D eigenvalue weighted by atomic mass is 35.5. The fraction of sp³-hybridized carbons (Fsp3) is 0.240. The first-order valence-electron chi connectivity index (χ1n) is 10.7. The molecular formula is C25H20ClN3O3S. The van der Waals surface area contributed by atoms with Gasteiger partial charge >= 0.3 is 0 Å². The third kappa shape index (κ3) is 4.50. The summed E-state index contributed by atoms with van der Waals surface area (Å²) < 4.78 is 10.7. The Balaban J connectivity index is 1.41. The fourth-order valence-corrected chi connectivity index (χ4v) is 5.10. The Labute approximate surface area is 200 Å². The monoisotopic (exact) mass is 477 g/mol. The number of fused-ring (bicyclic) bond motifs is 2. The summed E-state index contributed by atoms with van der Waals surface area (Å²) in [6, 6.07) is 15.2. The zero-order valence-corrected chi connectivity index (χ0v) is 19.3. The van der Waals surface area contributed by atoms with Crippen molar-refractivity contribution in [2.24, 2.45) is 0 Å². The molecule has 0 bridgehead atoms. The van der Waals surface area contributed by atoms with Crippen LogP contribution in [-0.2, 0) is 17.6 Å². The zero-order chi connectivity index (χ0) is 22.8. The highest BCUT2D eigenvalue weighted by molar-refractivity contribution is 8.00. The van der Waals surface area contributed by atoms with Crippen molar-refractivity contribution in [3.8, 4) is 28.7 Å². The molecule has 0 saturated heterocycles. The van der Waals surface area contributed by atoms with Crippen LogP contribution in [0.15, 0.2) is 47.5 Å². The fourth-order valence-electron chi connectivity index (χ4n) is 4.17. The molecule has 0 saturated carbocycles. The van der Waals surface area contributed by atoms with Crippen molar-refractivity contribution >= 4 is 35.0 Å². The van der Waals surface area contributed by atoms with E-state index < -0.39 is 0 Å². The van der Waals surface area contributed by atoms with Crippen LogP contribution in [0.25, 0.3) is 11.1 Å². The number of ether oxygens (including phenoxy) is 2. The first-order chi connectivity index (χ1) is 16.1. The Morgan fingerprint density at radius 3 is 2.73 bits per heavy atom. The largest absolute Gasteiger partial charge is 0.454 e. The highest BCUT2D eigenvalue weighted by Crippen LogP contribution is 2.38. The number of carbonyl (C=O) groups is 1. The number of pyridine rings is 1. The number of rotatable bonds is 5. The van der Waals surface area contributed by atoms with Crippen molar-refractivity contribution in [2.45, 2.75) is 30.7 Å². The number of amides is 1. The van der Waals surface area contributed by atoms with Crippen molar-refractivity contribution in [1.29, 1.82) is 5.26 Å². The highest BCUT2D eigenvalue weighted by Gasteiger charge is 2.24. The average molecular weight is 478 g/mol. The normalized spacial score (nSPS) is 13.8. The number of benzene rings is 2. The molecular weight excluding hydrogens is 458 g/mol. The summed E-state index contributed by atoms with van der Waals surface area (Å²) in [6.07, 6.45) is 3.91. The molecule has 1 aliphatic carbocycles. The molecule has 0 radical (unpaired) electrons. The maximum absolute atomic E-state index is 12.6. The summed E-state index contributed by atoms with van der Waals surface area (Å²) in [7, 11) is 0. The standard InChI is InChI=1S/C25H20ClN3O3S/c26-16-7-5-15(6-8-16)24-18-3-1-2-4-20(18)29-25(19(24)12-27)33-13-23(30)28-17-9-10-21-22(11-17)32-14-31-21/h5-11H,1-4,13-14H2,(H,28,30). The van der Waals surface area contributed by atoms with Crippen LogP contribution >= 0.6 is 23.4 Å². The van der Waals surface area contributed by atoms with Gasteiger partial charge in [-0.15, -0.1) is 0 Å². The van der Waals surface area contributed by atoms with Gasteiger partial charge in [0, 0.05) is 28.0 Å². The molecule has 1 N–H and O–H groups in total. The minimum absolute atomic E-state index is 0.134. The second kappa shape index (κ2) is 9.34. The SMILES string of the molecule is N#Cc1c(SCC(=O)Nc2ccc3c(c2)OCO3)nc2c(c1-c1ccc(Cl)cc1)CCCC2. The maximum atomic E-state index is 12.6. The average Bonchev–Trinajstić information content (AvgIpc) is 3.30. The number of carbonyl (C=O) groups excluding carboxylic acids is 1. The number of anilines is 1. The second-order valence-corrected chi connectivity index (χ2v) is 9.22. The Kier molecular flexibility index (Phi) is 6.12. The van der Waals surface area contributed by atoms with Crippen LogP contribution in [-0.4, -0.2) is 23.4 Å². The van der Waals surface area contributed by atoms with Gasteiger partial charge in [0.1, 0.15) is 11.1 Å². The van der Waals surface area contributed by atoms with Gasteiger partial charge in [-0.25, -0.2) is 4.98 Å². The number of halogens is 1. The first-order valence-corrected chi connectivity index (χ1v) is 12.0. The van der Waals surface area contributed by atoms with E-state index in [1.165, 1.54) is 11.8 Å². The first kappa shape index (κ1) is 21.6. The molecule has 1 amide bonds. The third-order valence-electron chi connectivity index (χ3n) is 5.68. The number of aromatic nitrogens is 1. The molecule has 0 atom stereocenters. The Morgan fingerprint density at radius 2 is 1.91 bits per heavy atom. The van der Waals surface area contributed by atoms with E-state index in [-0.39, 0.29) is 18.5 Å². The smallest absolute Gasteiger partial charge is 0.234 e. The second-order valence-electron chi connectivity index (χ2n) is 7.82. The lowest BCUT2D eigenvalue weighted by molar-refractivity contribution is -0.113. The van der Waals surface area contributed by atoms with Crippen LogP contribution < -0.4 is 14.8 Å². The van der Waals surface area contributed by atoms with Gasteiger partial charge in [0.2, 0.25) is 12.7 Å². The molecule has 2 heterocycles. The maximum Gasteiger partial charge on any atom is 0.234 e. The van der Waals surface area contributed by atoms with Crippen molar-refractivity contribution in [3.05, 3.63) is 64.3 Å². The van der Waals surface area contributed by atoms with Crippen molar-refractivity contribution in [2.75, 3.05) is 17.9 Å². The molecule has 3 aromatic rings. The summed E-state index contributed by atoms with van der Waals surface area (Å²) in [5.74, 6) is 1.22. The van der Waals surface area contributed by atoms with Gasteiger partial charge in [-0.3, -0.25) is 4.79 Å². The van der Waals surface area contributed by atoms with Gasteiger partial charge in [0.15, 0.2) is 11.5 Å². The number of nitrogens with zero attached hydrogens (tertiary/aromatic N) is 2. The molecule has 8 heteroatoms. The molecule has 166 valence electrons. The van der Waals surface area contributed by atoms with Crippen LogP contribution in [0.3, 0.4) is 0 Å². The molecule has 0 unspecified atom stereocenters. The molecule has 33 heavy (non-hydrogen) atoms. The van der Waals surface area contributed by atoms with Crippen LogP contribution in [0.5, 0.6) is 11.5 Å². The molecule has 1 aliphatic heterocycles. The molecule has 2 aromatic carbocycles. The third-order valence-corrected chi connectivity index (χ3v) is 6.91. The summed E-state index contributed by atoms with van der Waals surface area (Å²) in [6.45, 7) is 0.180. The number of hydrogen-bond donors (Lipinski definition) is 1. The lowest BCUT2D eigenvalue weighted by Gasteiger charge is -2.22. The predicted octanol–water partition coefficient (Wildman–Crippen LogP) is 5.61. The molecule has 2 aliphatic rings. The van der Waals surface area contributed by atoms with Crippen molar-refractivity contribution in [3.63, 3.8) is 0 Å². The van der Waals surface area contributed by atoms with Gasteiger partial charge in [-0.2, -0.15) is 5.26 Å². The predicted molar refractivity (Wildman–Crippen MR) is 128 cm³/mol. The van der Waals surface area contributed by atoms with Gasteiger partial charge < -0.3 is 14.8 Å². The van der Waals surface area contributed by atoms with E-state index in [0.717, 1.165) is 48.1 Å². The lowest BCUT2D eigenvalue weighted by Crippen LogP contribution is -2.15. The Morgan fingerprint density at radius 1 is 1.12 bits per heavy atom. The molecule has 5 rings (SSSR count). The number of aryl methyl sites for hydroxylation is 1. The van der Waals surface area contributed by atoms with Crippen LogP contribution in [0, 0.1) is 11.3 Å². The number of nitrogens with one attached hydrogen (secondary N) is 1. The Bertz CT molecular complexity index is 1270. The van der Waals surface area contributed by atoms with E-state index in [1.54, 1.807) is 18.2 Å². The van der Waals surface area contributed by atoms with E-state index in [0.29, 0.717) is 32.8 Å². The minimum atomic E-state index is -0.185. The molecule has 1 aromatic heterocycles. The lowest BCUT2D eigenvalue weighted by atomic mass is 9.87. The van der Waals surface area contributed by atoms with E-state index in [1.807, 2.05) is 24.3 Å². The minimum Gasteiger partial charge on any atom is -0.454 e. The number of thioether (sulfide) groups is 1. The van der Waals surface area contributed by atoms with E-state index >= 15 is 0 Å². The van der Waals surface area contributed by atoms with E-state index in [9.17, 15) is 10.1 Å². The quantitative estimate of drug-likeness (QED) is 0.480. The van der Waals surface area contributed by atoms with Crippen molar-refractivity contribution < 1.29 is 14.3 Å². The number of hydrogen-bond acceptors (Lipinski definition) is 6. The van der Waals surface area contributed by atoms with E-state index in [4.69, 9.17) is 26.1 Å². The van der Waals surface area contributed by atoms with Crippen LogP contribution in [0.2, 0.25) is 5.02 Å². The summed E-state index contributed by atoms with van der Waals surface area (Å²) in [4.78, 5) is 17.4. The van der Waals surface area contributed by atoms with Gasteiger partial charge in [0.25, 0.3) is 0 Å². The van der Waals surface area contributed by atoms with Gasteiger partial charge in [0.05, 0.1) is 11.3 Å². The van der Waals surface area contributed by atoms with Crippen molar-refractivity contribution in [1.82, 2.24) is 4.98 Å². The number of nitriles is 1. The molecule has 0 fully saturated rings. The van der Waals surface area contributed by atoms with Gasteiger partial charge in [-0.1, -0.05) is 35.5 Å². The topological polar surface area (TPSA) is 84.2 Å². The van der Waals surface area contributed by atoms with Gasteiger partial charge in [-0.05, 0) is 61.1 Å². The molecule has 6 nitrogen and oxygen atoms in total. The van der Waals surface area contributed by atoms with Crippen LogP contribution in [0.1, 0.15) is 29.7 Å². The Hall–Kier alpha value is -3.21. The summed E-state index contributed by atoms with van der Waals surface area (Å²) in [5.41, 5.74) is 5.16. The van der Waals surface area contributed by atoms with Crippen LogP contribution in [0.4, 0.5) is 5.69 Å². The molecule has 0 spiro atoms. The summed E-state index contributed by atoms with van der Waals surface area (Å²) >= 11 is 7.37.